The highest BCUT2D eigenvalue weighted by Gasteiger charge is 2.31. The third-order valence-corrected chi connectivity index (χ3v) is 7.71. The van der Waals surface area contributed by atoms with Crippen LogP contribution in [0.2, 0.25) is 4.34 Å². The Morgan fingerprint density at radius 1 is 1.15 bits per heavy atom. The first-order valence-electron chi connectivity index (χ1n) is 11.2. The summed E-state index contributed by atoms with van der Waals surface area (Å²) in [6, 6.07) is 16.7. The maximum Gasteiger partial charge on any atom is 0.265 e. The maximum atomic E-state index is 13.1. The van der Waals surface area contributed by atoms with Gasteiger partial charge in [-0.05, 0) is 48.2 Å². The Labute approximate surface area is 207 Å². The van der Waals surface area contributed by atoms with Crippen LogP contribution < -0.4 is 5.32 Å². The highest BCUT2D eigenvalue weighted by Crippen LogP contribution is 2.33. The summed E-state index contributed by atoms with van der Waals surface area (Å²) in [7, 11) is 1.85. The minimum Gasteiger partial charge on any atom is -0.345 e. The second kappa shape index (κ2) is 9.24. The molecule has 2 aromatic carbocycles. The van der Waals surface area contributed by atoms with Crippen molar-refractivity contribution >= 4 is 46.3 Å². The topological polar surface area (TPSA) is 69.7 Å². The molecule has 8 heteroatoms. The fraction of sp³-hybridized carbons (Fsp3) is 0.269. The van der Waals surface area contributed by atoms with Crippen LogP contribution in [0.5, 0.6) is 0 Å². The molecular formula is C26H24ClN3O3S. The second-order valence-electron chi connectivity index (χ2n) is 8.75. The van der Waals surface area contributed by atoms with Gasteiger partial charge in [0.2, 0.25) is 5.91 Å². The first kappa shape index (κ1) is 22.6. The first-order valence-corrected chi connectivity index (χ1v) is 12.4. The number of thiophene rings is 1. The smallest absolute Gasteiger partial charge is 0.265 e. The summed E-state index contributed by atoms with van der Waals surface area (Å²) < 4.78 is 0.550. The fourth-order valence-corrected chi connectivity index (χ4v) is 5.66. The zero-order valence-corrected chi connectivity index (χ0v) is 20.3. The summed E-state index contributed by atoms with van der Waals surface area (Å²) in [5.41, 5.74) is 4.03. The number of likely N-dealkylation sites (tertiary alicyclic amines) is 1. The number of rotatable bonds is 5. The molecule has 1 atom stereocenters. The van der Waals surface area contributed by atoms with E-state index in [9.17, 15) is 14.4 Å². The number of amides is 3. The molecule has 0 aliphatic carbocycles. The molecule has 34 heavy (non-hydrogen) atoms. The summed E-state index contributed by atoms with van der Waals surface area (Å²) in [6.07, 6.45) is 1.84. The van der Waals surface area contributed by atoms with Gasteiger partial charge in [0.25, 0.3) is 11.8 Å². The number of anilines is 1. The third kappa shape index (κ3) is 4.33. The van der Waals surface area contributed by atoms with E-state index < -0.39 is 0 Å². The van der Waals surface area contributed by atoms with Crippen LogP contribution in [0.25, 0.3) is 0 Å². The molecule has 1 aromatic heterocycles. The lowest BCUT2D eigenvalue weighted by Gasteiger charge is -2.29. The quantitative estimate of drug-likeness (QED) is 0.534. The largest absolute Gasteiger partial charge is 0.345 e. The van der Waals surface area contributed by atoms with Crippen molar-refractivity contribution in [2.45, 2.75) is 31.8 Å². The van der Waals surface area contributed by atoms with E-state index in [2.05, 4.69) is 5.32 Å². The predicted molar refractivity (Wildman–Crippen MR) is 133 cm³/mol. The van der Waals surface area contributed by atoms with Crippen molar-refractivity contribution in [1.29, 1.82) is 0 Å². The number of carbonyl (C=O) groups excluding carboxylic acids is 3. The van der Waals surface area contributed by atoms with Crippen LogP contribution >= 0.6 is 22.9 Å². The van der Waals surface area contributed by atoms with Crippen molar-refractivity contribution in [2.24, 2.45) is 0 Å². The van der Waals surface area contributed by atoms with E-state index in [0.717, 1.165) is 36.1 Å². The minimum atomic E-state index is -0.244. The van der Waals surface area contributed by atoms with Gasteiger partial charge in [-0.1, -0.05) is 41.9 Å². The van der Waals surface area contributed by atoms with E-state index in [1.807, 2.05) is 37.4 Å². The van der Waals surface area contributed by atoms with Crippen molar-refractivity contribution in [2.75, 3.05) is 18.9 Å². The fourth-order valence-electron chi connectivity index (χ4n) is 4.73. The number of hydrogen-bond donors (Lipinski definition) is 1. The molecule has 5 rings (SSSR count). The third-order valence-electron chi connectivity index (χ3n) is 6.48. The molecule has 1 unspecified atom stereocenters. The molecule has 2 aliphatic heterocycles. The summed E-state index contributed by atoms with van der Waals surface area (Å²) in [6.45, 7) is 1.64. The SMILES string of the molecule is CN1CCCC(c2cccc(CN3Cc4c(NC(=O)c5ccc(Cl)s5)cccc4C3=O)c2)C1=O. The van der Waals surface area contributed by atoms with Crippen molar-refractivity contribution < 1.29 is 14.4 Å². The van der Waals surface area contributed by atoms with Gasteiger partial charge in [-0.15, -0.1) is 11.3 Å². The molecular weight excluding hydrogens is 470 g/mol. The van der Waals surface area contributed by atoms with Crippen LogP contribution in [0.1, 0.15) is 55.5 Å². The molecule has 2 aliphatic rings. The zero-order chi connectivity index (χ0) is 23.8. The Morgan fingerprint density at radius 2 is 1.97 bits per heavy atom. The van der Waals surface area contributed by atoms with Crippen LogP contribution in [-0.2, 0) is 17.9 Å². The summed E-state index contributed by atoms with van der Waals surface area (Å²) in [4.78, 5) is 42.5. The Bertz CT molecular complexity index is 1290. The van der Waals surface area contributed by atoms with E-state index in [-0.39, 0.29) is 23.6 Å². The van der Waals surface area contributed by atoms with E-state index in [1.165, 1.54) is 11.3 Å². The molecule has 1 N–H and O–H groups in total. The normalized spacial score (nSPS) is 17.8. The van der Waals surface area contributed by atoms with E-state index in [1.54, 1.807) is 34.1 Å². The van der Waals surface area contributed by atoms with Crippen LogP contribution in [0.4, 0.5) is 5.69 Å². The molecule has 0 radical (unpaired) electrons. The van der Waals surface area contributed by atoms with E-state index in [4.69, 9.17) is 11.6 Å². The molecule has 3 heterocycles. The number of halogens is 1. The molecule has 174 valence electrons. The molecule has 1 saturated heterocycles. The van der Waals surface area contributed by atoms with Crippen LogP contribution in [0.3, 0.4) is 0 Å². The van der Waals surface area contributed by atoms with Gasteiger partial charge in [-0.3, -0.25) is 14.4 Å². The molecule has 0 spiro atoms. The first-order chi connectivity index (χ1) is 16.4. The number of nitrogens with zero attached hydrogens (tertiary/aromatic N) is 2. The van der Waals surface area contributed by atoms with Crippen molar-refractivity contribution in [1.82, 2.24) is 9.80 Å². The average Bonchev–Trinajstić information content (AvgIpc) is 3.40. The highest BCUT2D eigenvalue weighted by atomic mass is 35.5. The van der Waals surface area contributed by atoms with Crippen LogP contribution in [0.15, 0.2) is 54.6 Å². The van der Waals surface area contributed by atoms with Gasteiger partial charge >= 0.3 is 0 Å². The number of nitrogens with one attached hydrogen (secondary N) is 1. The molecule has 0 saturated carbocycles. The van der Waals surface area contributed by atoms with Gasteiger partial charge in [0.05, 0.1) is 15.1 Å². The number of piperidine rings is 1. The number of likely N-dealkylation sites (N-methyl/N-ethyl adjacent to an activating group) is 1. The van der Waals surface area contributed by atoms with E-state index >= 15 is 0 Å². The van der Waals surface area contributed by atoms with E-state index in [0.29, 0.717) is 33.6 Å². The summed E-state index contributed by atoms with van der Waals surface area (Å²) >= 11 is 7.17. The minimum absolute atomic E-state index is 0.0656. The van der Waals surface area contributed by atoms with Gasteiger partial charge in [0.15, 0.2) is 0 Å². The van der Waals surface area contributed by atoms with Gasteiger partial charge in [-0.2, -0.15) is 0 Å². The maximum absolute atomic E-state index is 13.1. The average molecular weight is 494 g/mol. The van der Waals surface area contributed by atoms with Gasteiger partial charge in [-0.25, -0.2) is 0 Å². The lowest BCUT2D eigenvalue weighted by molar-refractivity contribution is -0.133. The Kier molecular flexibility index (Phi) is 6.15. The van der Waals surface area contributed by atoms with Gasteiger partial charge in [0.1, 0.15) is 0 Å². The molecule has 3 amide bonds. The van der Waals surface area contributed by atoms with Crippen molar-refractivity contribution in [3.63, 3.8) is 0 Å². The zero-order valence-electron chi connectivity index (χ0n) is 18.7. The Morgan fingerprint density at radius 3 is 2.76 bits per heavy atom. The summed E-state index contributed by atoms with van der Waals surface area (Å²) in [5, 5.41) is 2.93. The predicted octanol–water partition coefficient (Wildman–Crippen LogP) is 5.15. The second-order valence-corrected chi connectivity index (χ2v) is 10.5. The molecule has 6 nitrogen and oxygen atoms in total. The monoisotopic (exact) mass is 493 g/mol. The molecule has 0 bridgehead atoms. The number of hydrogen-bond acceptors (Lipinski definition) is 4. The lowest BCUT2D eigenvalue weighted by atomic mass is 9.89. The number of carbonyl (C=O) groups is 3. The standard InChI is InChI=1S/C26H24ClN3O3S/c1-29-12-4-8-18(25(29)32)17-6-2-5-16(13-17)14-30-15-20-19(26(30)33)7-3-9-21(20)28-24(31)22-10-11-23(27)34-22/h2-3,5-7,9-11,13,18H,4,8,12,14-15H2,1H3,(H,28,31). The molecule has 1 fully saturated rings. The van der Waals surface area contributed by atoms with Crippen molar-refractivity contribution in [3.8, 4) is 0 Å². The van der Waals surface area contributed by atoms with Gasteiger partial charge in [0, 0.05) is 43.5 Å². The lowest BCUT2D eigenvalue weighted by Crippen LogP contribution is -2.37. The van der Waals surface area contributed by atoms with Gasteiger partial charge < -0.3 is 15.1 Å². The van der Waals surface area contributed by atoms with Crippen LogP contribution in [-0.4, -0.2) is 41.1 Å². The molecule has 3 aromatic rings. The highest BCUT2D eigenvalue weighted by molar-refractivity contribution is 7.18. The summed E-state index contributed by atoms with van der Waals surface area (Å²) in [5.74, 6) is -0.284. The number of fused-ring (bicyclic) bond motifs is 1. The Hall–Kier alpha value is -3.16. The van der Waals surface area contributed by atoms with Crippen molar-refractivity contribution in [3.05, 3.63) is 86.1 Å². The van der Waals surface area contributed by atoms with Crippen LogP contribution in [0, 0.1) is 0 Å². The number of benzene rings is 2. The Balaban J connectivity index is 1.33.